The van der Waals surface area contributed by atoms with Gasteiger partial charge in [-0.25, -0.2) is 0 Å². The van der Waals surface area contributed by atoms with E-state index in [9.17, 15) is 5.11 Å². The van der Waals surface area contributed by atoms with Gasteiger partial charge in [-0.15, -0.1) is 0 Å². The third-order valence-electron chi connectivity index (χ3n) is 3.56. The Hall–Kier alpha value is -0.810. The van der Waals surface area contributed by atoms with Crippen molar-refractivity contribution in [3.63, 3.8) is 0 Å². The van der Waals surface area contributed by atoms with Crippen molar-refractivity contribution in [1.29, 1.82) is 0 Å². The number of aliphatic hydroxyl groups excluding tert-OH is 1. The molecule has 2 atom stereocenters. The third-order valence-corrected chi connectivity index (χ3v) is 3.91. The van der Waals surface area contributed by atoms with E-state index in [1.54, 1.807) is 7.11 Å². The molecule has 1 aliphatic carbocycles. The molecule has 0 radical (unpaired) electrons. The molecule has 0 bridgehead atoms. The average molecular weight is 300 g/mol. The van der Waals surface area contributed by atoms with Gasteiger partial charge in [0.2, 0.25) is 0 Å². The van der Waals surface area contributed by atoms with Crippen molar-refractivity contribution in [2.45, 2.75) is 38.0 Å². The van der Waals surface area contributed by atoms with Gasteiger partial charge in [-0.3, -0.25) is 0 Å². The van der Waals surface area contributed by atoms with Gasteiger partial charge in [-0.1, -0.05) is 17.7 Å². The van der Waals surface area contributed by atoms with Crippen LogP contribution >= 0.6 is 11.6 Å². The molecule has 1 aromatic rings. The molecule has 112 valence electrons. The zero-order chi connectivity index (χ0) is 14.4. The molecule has 1 saturated carbocycles. The van der Waals surface area contributed by atoms with E-state index < -0.39 is 0 Å². The first-order valence-corrected chi connectivity index (χ1v) is 7.42. The Bertz CT molecular complexity index is 428. The molecule has 5 heteroatoms. The highest BCUT2D eigenvalue weighted by Gasteiger charge is 2.27. The van der Waals surface area contributed by atoms with Gasteiger partial charge in [-0.2, -0.15) is 0 Å². The van der Waals surface area contributed by atoms with E-state index in [-0.39, 0.29) is 12.2 Å². The number of nitrogens with one attached hydrogen (secondary N) is 1. The predicted octanol–water partition coefficient (Wildman–Crippen LogP) is 2.37. The first kappa shape index (κ1) is 15.6. The minimum absolute atomic E-state index is 0.119. The van der Waals surface area contributed by atoms with Gasteiger partial charge in [0.05, 0.1) is 12.7 Å². The summed E-state index contributed by atoms with van der Waals surface area (Å²) >= 11 is 6.25. The molecule has 20 heavy (non-hydrogen) atoms. The maximum atomic E-state index is 9.87. The van der Waals surface area contributed by atoms with Crippen LogP contribution in [-0.2, 0) is 11.3 Å². The molecule has 0 aliphatic heterocycles. The number of ether oxygens (including phenoxy) is 2. The second-order valence-corrected chi connectivity index (χ2v) is 5.45. The Morgan fingerprint density at radius 2 is 2.25 bits per heavy atom. The summed E-state index contributed by atoms with van der Waals surface area (Å²) in [5, 5.41) is 13.8. The minimum Gasteiger partial charge on any atom is -0.487 e. The Morgan fingerprint density at radius 1 is 1.40 bits per heavy atom. The summed E-state index contributed by atoms with van der Waals surface area (Å²) in [5.41, 5.74) is 0.935. The summed E-state index contributed by atoms with van der Waals surface area (Å²) in [4.78, 5) is 0. The summed E-state index contributed by atoms with van der Waals surface area (Å²) in [7, 11) is 1.67. The highest BCUT2D eigenvalue weighted by molar-refractivity contribution is 6.31. The summed E-state index contributed by atoms with van der Waals surface area (Å²) in [6.07, 6.45) is 2.22. The van der Waals surface area contributed by atoms with E-state index in [2.05, 4.69) is 5.32 Å². The van der Waals surface area contributed by atoms with E-state index in [0.717, 1.165) is 37.1 Å². The lowest BCUT2D eigenvalue weighted by Gasteiger charge is -2.20. The molecule has 0 heterocycles. The van der Waals surface area contributed by atoms with Crippen LogP contribution in [0.3, 0.4) is 0 Å². The quantitative estimate of drug-likeness (QED) is 0.759. The van der Waals surface area contributed by atoms with Crippen molar-refractivity contribution in [1.82, 2.24) is 5.32 Å². The molecule has 2 unspecified atom stereocenters. The molecule has 0 spiro atoms. The number of hydrogen-bond donors (Lipinski definition) is 2. The lowest BCUT2D eigenvalue weighted by atomic mass is 10.2. The molecule has 2 rings (SSSR count). The van der Waals surface area contributed by atoms with Gasteiger partial charge in [0.1, 0.15) is 11.9 Å². The molecule has 0 amide bonds. The fourth-order valence-electron chi connectivity index (χ4n) is 2.42. The second kappa shape index (κ2) is 7.84. The van der Waals surface area contributed by atoms with Crippen LogP contribution < -0.4 is 10.1 Å². The lowest BCUT2D eigenvalue weighted by molar-refractivity contribution is 0.0597. The number of aliphatic hydroxyl groups is 1. The Kier molecular flexibility index (Phi) is 6.10. The first-order chi connectivity index (χ1) is 9.72. The zero-order valence-electron chi connectivity index (χ0n) is 11.8. The smallest absolute Gasteiger partial charge is 0.125 e. The van der Waals surface area contributed by atoms with E-state index in [0.29, 0.717) is 18.2 Å². The number of hydrogen-bond acceptors (Lipinski definition) is 4. The monoisotopic (exact) mass is 299 g/mol. The molecule has 0 aromatic heterocycles. The zero-order valence-corrected chi connectivity index (χ0v) is 12.5. The van der Waals surface area contributed by atoms with Gasteiger partial charge < -0.3 is 19.9 Å². The van der Waals surface area contributed by atoms with Crippen molar-refractivity contribution >= 4 is 11.6 Å². The van der Waals surface area contributed by atoms with E-state index in [1.807, 2.05) is 18.2 Å². The van der Waals surface area contributed by atoms with Gasteiger partial charge in [0.25, 0.3) is 0 Å². The number of benzene rings is 1. The maximum Gasteiger partial charge on any atom is 0.125 e. The largest absolute Gasteiger partial charge is 0.487 e. The van der Waals surface area contributed by atoms with Gasteiger partial charge in [0, 0.05) is 30.8 Å². The Balaban J connectivity index is 2.01. The molecule has 4 nitrogen and oxygen atoms in total. The molecule has 0 saturated heterocycles. The fraction of sp³-hybridized carbons (Fsp3) is 0.600. The summed E-state index contributed by atoms with van der Waals surface area (Å²) in [6.45, 7) is 2.04. The van der Waals surface area contributed by atoms with E-state index in [1.165, 1.54) is 0 Å². The van der Waals surface area contributed by atoms with Crippen LogP contribution in [-0.4, -0.2) is 37.6 Å². The van der Waals surface area contributed by atoms with Crippen molar-refractivity contribution in [3.8, 4) is 5.75 Å². The standard InChI is InChI=1S/C15H22ClNO3/c1-19-9-8-17-10-11-12(16)4-2-6-14(11)20-15-7-3-5-13(15)18/h2,4,6,13,15,17-18H,3,5,7-10H2,1H3. The van der Waals surface area contributed by atoms with Crippen LogP contribution in [0.4, 0.5) is 0 Å². The first-order valence-electron chi connectivity index (χ1n) is 7.04. The molecular formula is C15H22ClNO3. The topological polar surface area (TPSA) is 50.7 Å². The molecular weight excluding hydrogens is 278 g/mol. The van der Waals surface area contributed by atoms with Crippen molar-refractivity contribution in [2.75, 3.05) is 20.3 Å². The second-order valence-electron chi connectivity index (χ2n) is 5.04. The summed E-state index contributed by atoms with van der Waals surface area (Å²) in [5.74, 6) is 0.758. The Labute approximate surface area is 125 Å². The van der Waals surface area contributed by atoms with Crippen LogP contribution in [0.5, 0.6) is 5.75 Å². The Morgan fingerprint density at radius 3 is 2.95 bits per heavy atom. The van der Waals surface area contributed by atoms with Gasteiger partial charge in [0.15, 0.2) is 0 Å². The highest BCUT2D eigenvalue weighted by Crippen LogP contribution is 2.30. The lowest BCUT2D eigenvalue weighted by Crippen LogP contribution is -2.27. The SMILES string of the molecule is COCCNCc1c(Cl)cccc1OC1CCCC1O. The van der Waals surface area contributed by atoms with Crippen LogP contribution in [0.2, 0.25) is 5.02 Å². The van der Waals surface area contributed by atoms with Crippen molar-refractivity contribution in [2.24, 2.45) is 0 Å². The van der Waals surface area contributed by atoms with Crippen LogP contribution in [0.25, 0.3) is 0 Å². The number of methoxy groups -OCH3 is 1. The highest BCUT2D eigenvalue weighted by atomic mass is 35.5. The van der Waals surface area contributed by atoms with Crippen molar-refractivity contribution < 1.29 is 14.6 Å². The maximum absolute atomic E-state index is 9.87. The number of rotatable bonds is 7. The normalized spacial score (nSPS) is 22.1. The molecule has 1 fully saturated rings. The third kappa shape index (κ3) is 4.09. The average Bonchev–Trinajstić information content (AvgIpc) is 2.83. The molecule has 1 aliphatic rings. The predicted molar refractivity (Wildman–Crippen MR) is 79.3 cm³/mol. The van der Waals surface area contributed by atoms with Crippen LogP contribution in [0.1, 0.15) is 24.8 Å². The summed E-state index contributed by atoms with van der Waals surface area (Å²) in [6, 6.07) is 5.63. The summed E-state index contributed by atoms with van der Waals surface area (Å²) < 4.78 is 11.0. The van der Waals surface area contributed by atoms with E-state index in [4.69, 9.17) is 21.1 Å². The molecule has 1 aromatic carbocycles. The van der Waals surface area contributed by atoms with Crippen LogP contribution in [0.15, 0.2) is 18.2 Å². The van der Waals surface area contributed by atoms with E-state index >= 15 is 0 Å². The van der Waals surface area contributed by atoms with Gasteiger partial charge >= 0.3 is 0 Å². The minimum atomic E-state index is -0.372. The van der Waals surface area contributed by atoms with Crippen molar-refractivity contribution in [3.05, 3.63) is 28.8 Å². The number of halogens is 1. The van der Waals surface area contributed by atoms with Crippen LogP contribution in [0, 0.1) is 0 Å². The molecule has 2 N–H and O–H groups in total. The van der Waals surface area contributed by atoms with Gasteiger partial charge in [-0.05, 0) is 31.4 Å². The fourth-order valence-corrected chi connectivity index (χ4v) is 2.65.